The molecule has 15 heavy (non-hydrogen) atoms. The maximum atomic E-state index is 5.87. The van der Waals surface area contributed by atoms with Crippen LogP contribution in [0.2, 0.25) is 11.6 Å². The molecule has 0 aliphatic heterocycles. The van der Waals surface area contributed by atoms with Gasteiger partial charge in [-0.3, -0.25) is 0 Å². The molecule has 0 saturated carbocycles. The standard InChI is InChI=1S/C11H19N2OSi/c1-11(2,3)15(4)14-8-9-5-6-13-10(12)7-9/h5-7H,8H2,1-4H3,(H2,12,13)/q+1. The van der Waals surface area contributed by atoms with Gasteiger partial charge in [0.25, 0.3) is 0 Å². The summed E-state index contributed by atoms with van der Waals surface area (Å²) in [5.41, 5.74) is 6.69. The Morgan fingerprint density at radius 2 is 2.13 bits per heavy atom. The minimum atomic E-state index is -0.777. The van der Waals surface area contributed by atoms with Crippen molar-refractivity contribution < 1.29 is 4.43 Å². The van der Waals surface area contributed by atoms with Crippen LogP contribution in [0.25, 0.3) is 0 Å². The molecule has 82 valence electrons. The lowest BCUT2D eigenvalue weighted by atomic mass is 10.3. The van der Waals surface area contributed by atoms with Crippen LogP contribution in [0.4, 0.5) is 5.82 Å². The molecule has 0 radical (unpaired) electrons. The second-order valence-corrected chi connectivity index (χ2v) is 7.58. The normalized spacial score (nSPS) is 11.5. The molecule has 0 aromatic carbocycles. The molecule has 0 amide bonds. The van der Waals surface area contributed by atoms with E-state index < -0.39 is 9.04 Å². The van der Waals surface area contributed by atoms with E-state index in [-0.39, 0.29) is 5.04 Å². The summed E-state index contributed by atoms with van der Waals surface area (Å²) in [6.45, 7) is 9.45. The van der Waals surface area contributed by atoms with E-state index in [9.17, 15) is 0 Å². The van der Waals surface area contributed by atoms with E-state index in [1.165, 1.54) is 0 Å². The number of nitrogens with two attached hydrogens (primary N) is 1. The highest BCUT2D eigenvalue weighted by Crippen LogP contribution is 2.27. The first-order chi connectivity index (χ1) is 6.89. The zero-order valence-corrected chi connectivity index (χ0v) is 10.9. The third-order valence-corrected chi connectivity index (χ3v) is 5.05. The smallest absolute Gasteiger partial charge is 0.384 e. The van der Waals surface area contributed by atoms with Gasteiger partial charge in [0.15, 0.2) is 0 Å². The van der Waals surface area contributed by atoms with Crippen molar-refractivity contribution in [2.75, 3.05) is 5.73 Å². The molecule has 0 spiro atoms. The van der Waals surface area contributed by atoms with Crippen LogP contribution in [0.15, 0.2) is 18.3 Å². The number of rotatable bonds is 3. The van der Waals surface area contributed by atoms with Crippen LogP contribution in [0.5, 0.6) is 0 Å². The zero-order valence-electron chi connectivity index (χ0n) is 9.87. The van der Waals surface area contributed by atoms with E-state index in [1.54, 1.807) is 6.20 Å². The Balaban J connectivity index is 2.51. The first kappa shape index (κ1) is 12.2. The monoisotopic (exact) mass is 223 g/mol. The summed E-state index contributed by atoms with van der Waals surface area (Å²) < 4.78 is 5.87. The number of hydrogen-bond acceptors (Lipinski definition) is 3. The number of nitrogens with zero attached hydrogens (tertiary/aromatic N) is 1. The van der Waals surface area contributed by atoms with Gasteiger partial charge in [-0.25, -0.2) is 9.41 Å². The number of nitrogen functional groups attached to an aromatic ring is 1. The Hall–Kier alpha value is -0.873. The van der Waals surface area contributed by atoms with E-state index in [1.807, 2.05) is 12.1 Å². The molecule has 4 heteroatoms. The number of pyridine rings is 1. The van der Waals surface area contributed by atoms with E-state index in [2.05, 4.69) is 32.3 Å². The molecule has 2 N–H and O–H groups in total. The van der Waals surface area contributed by atoms with Gasteiger partial charge in [-0.15, -0.1) is 0 Å². The van der Waals surface area contributed by atoms with Crippen LogP contribution in [0.1, 0.15) is 26.3 Å². The third-order valence-electron chi connectivity index (χ3n) is 2.36. The summed E-state index contributed by atoms with van der Waals surface area (Å²) in [6, 6.07) is 3.80. The molecule has 0 aliphatic carbocycles. The van der Waals surface area contributed by atoms with E-state index >= 15 is 0 Å². The molecule has 0 aliphatic rings. The molecule has 3 nitrogen and oxygen atoms in total. The van der Waals surface area contributed by atoms with E-state index in [0.717, 1.165) is 5.56 Å². The first-order valence-corrected chi connectivity index (χ1v) is 6.97. The molecule has 1 rings (SSSR count). The Kier molecular flexibility index (Phi) is 3.88. The van der Waals surface area contributed by atoms with Crippen molar-refractivity contribution in [3.8, 4) is 0 Å². The molecular weight excluding hydrogens is 204 g/mol. The van der Waals surface area contributed by atoms with Gasteiger partial charge in [0, 0.05) is 6.20 Å². The highest BCUT2D eigenvalue weighted by atomic mass is 28.3. The second kappa shape index (κ2) is 4.77. The fourth-order valence-electron chi connectivity index (χ4n) is 0.992. The van der Waals surface area contributed by atoms with Crippen molar-refractivity contribution >= 4 is 14.9 Å². The zero-order chi connectivity index (χ0) is 11.5. The maximum absolute atomic E-state index is 5.87. The predicted octanol–water partition coefficient (Wildman–Crippen LogP) is 2.60. The molecule has 1 heterocycles. The molecule has 1 aromatic heterocycles. The Bertz CT molecular complexity index is 323. The van der Waals surface area contributed by atoms with Crippen molar-refractivity contribution in [2.45, 2.75) is 39.0 Å². The average molecular weight is 223 g/mol. The lowest BCUT2D eigenvalue weighted by molar-refractivity contribution is 0.294. The van der Waals surface area contributed by atoms with Gasteiger partial charge >= 0.3 is 9.04 Å². The van der Waals surface area contributed by atoms with Crippen molar-refractivity contribution in [3.63, 3.8) is 0 Å². The topological polar surface area (TPSA) is 48.1 Å². The second-order valence-electron chi connectivity index (χ2n) is 4.68. The van der Waals surface area contributed by atoms with Crippen LogP contribution < -0.4 is 5.73 Å². The van der Waals surface area contributed by atoms with Gasteiger partial charge in [0.05, 0.1) is 6.55 Å². The summed E-state index contributed by atoms with van der Waals surface area (Å²) in [7, 11) is -0.777. The van der Waals surface area contributed by atoms with Crippen molar-refractivity contribution in [1.82, 2.24) is 4.98 Å². The first-order valence-electron chi connectivity index (χ1n) is 5.07. The minimum Gasteiger partial charge on any atom is -0.384 e. The summed E-state index contributed by atoms with van der Waals surface area (Å²) in [5, 5.41) is 0.267. The fourth-order valence-corrected chi connectivity index (χ4v) is 1.81. The summed E-state index contributed by atoms with van der Waals surface area (Å²) in [5.74, 6) is 0.553. The lowest BCUT2D eigenvalue weighted by Gasteiger charge is -2.11. The highest BCUT2D eigenvalue weighted by molar-refractivity contribution is 6.53. The van der Waals surface area contributed by atoms with Gasteiger partial charge in [0.2, 0.25) is 0 Å². The Morgan fingerprint density at radius 3 is 2.67 bits per heavy atom. The van der Waals surface area contributed by atoms with E-state index in [0.29, 0.717) is 12.4 Å². The Morgan fingerprint density at radius 1 is 1.47 bits per heavy atom. The number of anilines is 1. The van der Waals surface area contributed by atoms with Crippen LogP contribution in [-0.4, -0.2) is 14.0 Å². The average Bonchev–Trinajstić information content (AvgIpc) is 2.12. The van der Waals surface area contributed by atoms with E-state index in [4.69, 9.17) is 10.2 Å². The van der Waals surface area contributed by atoms with Crippen molar-refractivity contribution in [3.05, 3.63) is 23.9 Å². The maximum Gasteiger partial charge on any atom is 0.476 e. The van der Waals surface area contributed by atoms with Crippen LogP contribution in [-0.2, 0) is 11.0 Å². The highest BCUT2D eigenvalue weighted by Gasteiger charge is 2.38. The van der Waals surface area contributed by atoms with Crippen LogP contribution in [0, 0.1) is 0 Å². The third kappa shape index (κ3) is 4.01. The van der Waals surface area contributed by atoms with Crippen LogP contribution >= 0.6 is 0 Å². The molecule has 0 atom stereocenters. The number of hydrogen-bond donors (Lipinski definition) is 1. The fraction of sp³-hybridized carbons (Fsp3) is 0.545. The molecular formula is C11H19N2OSi+. The van der Waals surface area contributed by atoms with Gasteiger partial charge in [-0.2, -0.15) is 0 Å². The van der Waals surface area contributed by atoms with Gasteiger partial charge in [0.1, 0.15) is 17.5 Å². The Labute approximate surface area is 93.4 Å². The lowest BCUT2D eigenvalue weighted by Crippen LogP contribution is -2.25. The van der Waals surface area contributed by atoms with Gasteiger partial charge in [-0.1, -0.05) is 0 Å². The van der Waals surface area contributed by atoms with Crippen molar-refractivity contribution in [2.24, 2.45) is 0 Å². The summed E-state index contributed by atoms with van der Waals surface area (Å²) >= 11 is 0. The largest absolute Gasteiger partial charge is 0.476 e. The molecule has 0 fully saturated rings. The summed E-state index contributed by atoms with van der Waals surface area (Å²) in [4.78, 5) is 3.95. The van der Waals surface area contributed by atoms with Crippen LogP contribution in [0.3, 0.4) is 0 Å². The summed E-state index contributed by atoms with van der Waals surface area (Å²) in [6.07, 6.45) is 1.72. The SMILES string of the molecule is C[Si+](OCc1ccnc(N)c1)C(C)(C)C. The predicted molar refractivity (Wildman–Crippen MR) is 64.8 cm³/mol. The number of aromatic nitrogens is 1. The van der Waals surface area contributed by atoms with Gasteiger partial charge in [-0.05, 0) is 38.5 Å². The molecule has 0 saturated heterocycles. The van der Waals surface area contributed by atoms with Gasteiger partial charge < -0.3 is 5.73 Å². The molecule has 0 bridgehead atoms. The molecule has 1 aromatic rings. The van der Waals surface area contributed by atoms with Crippen molar-refractivity contribution in [1.29, 1.82) is 0 Å². The quantitative estimate of drug-likeness (QED) is 0.801. The minimum absolute atomic E-state index is 0.267. The molecule has 0 unspecified atom stereocenters.